The standard InChI is InChI=1S/C21H24N4O2/c1-12-8-9-16(27-4)13(2)18(12)20-19-15(21(26)23-11-22-19)10-17(24-20)25(3)14-6-5-7-14/h8-11,14H,5-7H2,1-4H3,(H,22,23,26). The van der Waals surface area contributed by atoms with Crippen molar-refractivity contribution in [2.75, 3.05) is 19.1 Å². The van der Waals surface area contributed by atoms with Gasteiger partial charge in [0, 0.05) is 24.2 Å². The number of benzene rings is 1. The van der Waals surface area contributed by atoms with Crippen LogP contribution in [0.4, 0.5) is 5.82 Å². The molecule has 2 aromatic heterocycles. The third-order valence-electron chi connectivity index (χ3n) is 5.68. The summed E-state index contributed by atoms with van der Waals surface area (Å²) in [5, 5.41) is 0.560. The normalized spacial score (nSPS) is 14.2. The summed E-state index contributed by atoms with van der Waals surface area (Å²) < 4.78 is 5.51. The van der Waals surface area contributed by atoms with E-state index in [1.807, 2.05) is 32.0 Å². The van der Waals surface area contributed by atoms with E-state index in [1.165, 1.54) is 12.7 Å². The Labute approximate surface area is 158 Å². The number of nitrogens with one attached hydrogen (secondary N) is 1. The zero-order chi connectivity index (χ0) is 19.1. The average Bonchev–Trinajstić information content (AvgIpc) is 2.61. The third-order valence-corrected chi connectivity index (χ3v) is 5.68. The van der Waals surface area contributed by atoms with Crippen LogP contribution >= 0.6 is 0 Å². The molecule has 6 nitrogen and oxygen atoms in total. The van der Waals surface area contributed by atoms with Gasteiger partial charge in [0.25, 0.3) is 5.56 Å². The molecule has 0 atom stereocenters. The number of pyridine rings is 1. The molecule has 4 rings (SSSR count). The molecule has 1 N–H and O–H groups in total. The highest BCUT2D eigenvalue weighted by atomic mass is 16.5. The zero-order valence-corrected chi connectivity index (χ0v) is 16.2. The molecule has 0 saturated heterocycles. The van der Waals surface area contributed by atoms with Gasteiger partial charge in [-0.25, -0.2) is 9.97 Å². The molecular formula is C21H24N4O2. The summed E-state index contributed by atoms with van der Waals surface area (Å²) in [4.78, 5) is 26.8. The first-order chi connectivity index (χ1) is 13.0. The van der Waals surface area contributed by atoms with Crippen LogP contribution in [0.25, 0.3) is 22.2 Å². The summed E-state index contributed by atoms with van der Waals surface area (Å²) in [5.74, 6) is 1.61. The largest absolute Gasteiger partial charge is 0.496 e. The van der Waals surface area contributed by atoms with Gasteiger partial charge in [-0.05, 0) is 50.8 Å². The van der Waals surface area contributed by atoms with Gasteiger partial charge < -0.3 is 14.6 Å². The van der Waals surface area contributed by atoms with Crippen molar-refractivity contribution in [3.8, 4) is 17.0 Å². The predicted molar refractivity (Wildman–Crippen MR) is 108 cm³/mol. The van der Waals surface area contributed by atoms with Crippen LogP contribution in [0.15, 0.2) is 29.3 Å². The molecule has 0 spiro atoms. The summed E-state index contributed by atoms with van der Waals surface area (Å²) in [6, 6.07) is 6.31. The summed E-state index contributed by atoms with van der Waals surface area (Å²) in [6.45, 7) is 4.06. The number of aromatic nitrogens is 3. The van der Waals surface area contributed by atoms with Crippen LogP contribution < -0.4 is 15.2 Å². The van der Waals surface area contributed by atoms with Gasteiger partial charge in [0.2, 0.25) is 0 Å². The molecule has 0 radical (unpaired) electrons. The highest BCUT2D eigenvalue weighted by molar-refractivity contribution is 5.94. The van der Waals surface area contributed by atoms with Crippen LogP contribution in [0.1, 0.15) is 30.4 Å². The maximum absolute atomic E-state index is 12.5. The number of methoxy groups -OCH3 is 1. The molecule has 2 heterocycles. The van der Waals surface area contributed by atoms with E-state index in [2.05, 4.69) is 21.9 Å². The average molecular weight is 364 g/mol. The number of aryl methyl sites for hydroxylation is 1. The quantitative estimate of drug-likeness (QED) is 0.766. The van der Waals surface area contributed by atoms with E-state index < -0.39 is 0 Å². The van der Waals surface area contributed by atoms with Crippen molar-refractivity contribution in [2.45, 2.75) is 39.2 Å². The second-order valence-electron chi connectivity index (χ2n) is 7.24. The number of anilines is 1. The molecule has 0 amide bonds. The Balaban J connectivity index is 2.02. The van der Waals surface area contributed by atoms with Gasteiger partial charge in [-0.15, -0.1) is 0 Å². The predicted octanol–water partition coefficient (Wildman–Crippen LogP) is 3.60. The van der Waals surface area contributed by atoms with Crippen molar-refractivity contribution >= 4 is 16.7 Å². The van der Waals surface area contributed by atoms with Crippen LogP contribution in [0.5, 0.6) is 5.75 Å². The van der Waals surface area contributed by atoms with Crippen molar-refractivity contribution in [3.63, 3.8) is 0 Å². The van der Waals surface area contributed by atoms with Gasteiger partial charge in [-0.1, -0.05) is 6.07 Å². The maximum atomic E-state index is 12.5. The fraction of sp³-hybridized carbons (Fsp3) is 0.381. The van der Waals surface area contributed by atoms with E-state index in [9.17, 15) is 4.79 Å². The Morgan fingerprint density at radius 1 is 1.26 bits per heavy atom. The number of nitrogens with zero attached hydrogens (tertiary/aromatic N) is 3. The topological polar surface area (TPSA) is 71.1 Å². The Bertz CT molecular complexity index is 1070. The molecular weight excluding hydrogens is 340 g/mol. The van der Waals surface area contributed by atoms with E-state index >= 15 is 0 Å². The number of hydrogen-bond donors (Lipinski definition) is 1. The monoisotopic (exact) mass is 364 g/mol. The minimum Gasteiger partial charge on any atom is -0.496 e. The zero-order valence-electron chi connectivity index (χ0n) is 16.2. The van der Waals surface area contributed by atoms with Gasteiger partial charge in [-0.2, -0.15) is 0 Å². The summed E-state index contributed by atoms with van der Waals surface area (Å²) in [6.07, 6.45) is 5.00. The summed E-state index contributed by atoms with van der Waals surface area (Å²) in [5.41, 5.74) is 4.24. The number of fused-ring (bicyclic) bond motifs is 1. The molecule has 27 heavy (non-hydrogen) atoms. The van der Waals surface area contributed by atoms with E-state index in [1.54, 1.807) is 7.11 Å². The number of rotatable bonds is 4. The third kappa shape index (κ3) is 2.85. The first-order valence-corrected chi connectivity index (χ1v) is 9.27. The van der Waals surface area contributed by atoms with E-state index in [0.29, 0.717) is 16.9 Å². The molecule has 6 heteroatoms. The first-order valence-electron chi connectivity index (χ1n) is 9.27. The van der Waals surface area contributed by atoms with E-state index in [4.69, 9.17) is 9.72 Å². The molecule has 0 unspecified atom stereocenters. The van der Waals surface area contributed by atoms with Crippen LogP contribution in [0.3, 0.4) is 0 Å². The van der Waals surface area contributed by atoms with Crippen molar-refractivity contribution in [1.29, 1.82) is 0 Å². The molecule has 3 aromatic rings. The molecule has 1 aliphatic rings. The van der Waals surface area contributed by atoms with E-state index in [-0.39, 0.29) is 5.56 Å². The lowest BCUT2D eigenvalue weighted by atomic mass is 9.91. The second kappa shape index (κ2) is 6.68. The molecule has 1 saturated carbocycles. The van der Waals surface area contributed by atoms with Crippen molar-refractivity contribution in [2.24, 2.45) is 0 Å². The van der Waals surface area contributed by atoms with Crippen molar-refractivity contribution in [1.82, 2.24) is 15.0 Å². The molecule has 1 fully saturated rings. The van der Waals surface area contributed by atoms with Gasteiger partial charge in [0.05, 0.1) is 24.5 Å². The van der Waals surface area contributed by atoms with Crippen LogP contribution in [0.2, 0.25) is 0 Å². The van der Waals surface area contributed by atoms with Crippen LogP contribution in [0, 0.1) is 13.8 Å². The van der Waals surface area contributed by atoms with Gasteiger partial charge in [0.1, 0.15) is 17.1 Å². The fourth-order valence-corrected chi connectivity index (χ4v) is 3.79. The van der Waals surface area contributed by atoms with Gasteiger partial charge in [0.15, 0.2) is 0 Å². The molecule has 140 valence electrons. The maximum Gasteiger partial charge on any atom is 0.258 e. The number of hydrogen-bond acceptors (Lipinski definition) is 5. The number of ether oxygens (including phenoxy) is 1. The Kier molecular flexibility index (Phi) is 4.34. The van der Waals surface area contributed by atoms with E-state index in [0.717, 1.165) is 46.8 Å². The Hall–Kier alpha value is -2.89. The lowest BCUT2D eigenvalue weighted by Crippen LogP contribution is -2.37. The molecule has 0 bridgehead atoms. The van der Waals surface area contributed by atoms with Gasteiger partial charge in [-0.3, -0.25) is 4.79 Å². The SMILES string of the molecule is COc1ccc(C)c(-c2nc(N(C)C3CCC3)cc3c(=O)[nH]cnc23)c1C. The summed E-state index contributed by atoms with van der Waals surface area (Å²) in [7, 11) is 3.72. The minimum absolute atomic E-state index is 0.148. The van der Waals surface area contributed by atoms with Crippen molar-refractivity contribution in [3.05, 3.63) is 46.0 Å². The highest BCUT2D eigenvalue weighted by Crippen LogP contribution is 2.37. The molecule has 1 aromatic carbocycles. The highest BCUT2D eigenvalue weighted by Gasteiger charge is 2.25. The molecule has 0 aliphatic heterocycles. The fourth-order valence-electron chi connectivity index (χ4n) is 3.79. The number of H-pyrrole nitrogens is 1. The van der Waals surface area contributed by atoms with Crippen molar-refractivity contribution < 1.29 is 4.74 Å². The van der Waals surface area contributed by atoms with Crippen LogP contribution in [-0.4, -0.2) is 35.2 Å². The minimum atomic E-state index is -0.148. The molecule has 1 aliphatic carbocycles. The Morgan fingerprint density at radius 3 is 2.70 bits per heavy atom. The summed E-state index contributed by atoms with van der Waals surface area (Å²) >= 11 is 0. The Morgan fingerprint density at radius 2 is 2.04 bits per heavy atom. The lowest BCUT2D eigenvalue weighted by molar-refractivity contribution is 0.399. The first kappa shape index (κ1) is 17.5. The smallest absolute Gasteiger partial charge is 0.258 e. The lowest BCUT2D eigenvalue weighted by Gasteiger charge is -2.35. The second-order valence-corrected chi connectivity index (χ2v) is 7.24. The number of aromatic amines is 1. The van der Waals surface area contributed by atoms with Crippen LogP contribution in [-0.2, 0) is 0 Å². The van der Waals surface area contributed by atoms with Gasteiger partial charge >= 0.3 is 0 Å².